The zero-order valence-corrected chi connectivity index (χ0v) is 12.4. The van der Waals surface area contributed by atoms with Gasteiger partial charge in [0.15, 0.2) is 0 Å². The molecule has 5 heteroatoms. The molecule has 0 saturated carbocycles. The van der Waals surface area contributed by atoms with Gasteiger partial charge in [-0.15, -0.1) is 11.6 Å². The van der Waals surface area contributed by atoms with Crippen LogP contribution in [0.1, 0.15) is 30.4 Å². The van der Waals surface area contributed by atoms with Gasteiger partial charge in [-0.05, 0) is 49.9 Å². The summed E-state index contributed by atoms with van der Waals surface area (Å²) in [5.74, 6) is 0.629. The summed E-state index contributed by atoms with van der Waals surface area (Å²) in [6.07, 6.45) is 2.68. The van der Waals surface area contributed by atoms with E-state index >= 15 is 0 Å². The van der Waals surface area contributed by atoms with Gasteiger partial charge in [0.2, 0.25) is 10.0 Å². The largest absolute Gasteiger partial charge is 0.240 e. The number of unbranched alkanes of at least 4 members (excludes halogenated alkanes) is 2. The van der Waals surface area contributed by atoms with Gasteiger partial charge in [-0.2, -0.15) is 0 Å². The van der Waals surface area contributed by atoms with Gasteiger partial charge in [-0.3, -0.25) is 0 Å². The minimum atomic E-state index is -3.37. The van der Waals surface area contributed by atoms with Gasteiger partial charge >= 0.3 is 0 Å². The molecule has 3 nitrogen and oxygen atoms in total. The van der Waals surface area contributed by atoms with Gasteiger partial charge in [0.25, 0.3) is 0 Å². The van der Waals surface area contributed by atoms with Crippen molar-refractivity contribution >= 4 is 21.6 Å². The Morgan fingerprint density at radius 3 is 2.44 bits per heavy atom. The van der Waals surface area contributed by atoms with Crippen molar-refractivity contribution in [3.05, 3.63) is 29.3 Å². The minimum Gasteiger partial charge on any atom is -0.211 e. The molecule has 0 atom stereocenters. The molecule has 0 fully saturated rings. The topological polar surface area (TPSA) is 46.2 Å². The Morgan fingerprint density at radius 1 is 1.11 bits per heavy atom. The summed E-state index contributed by atoms with van der Waals surface area (Å²) in [7, 11) is -3.37. The lowest BCUT2D eigenvalue weighted by Crippen LogP contribution is -2.24. The molecule has 18 heavy (non-hydrogen) atoms. The Hall–Kier alpha value is -0.580. The van der Waals surface area contributed by atoms with Crippen LogP contribution in [0.2, 0.25) is 0 Å². The SMILES string of the molecule is Cc1ccc(S(=O)(=O)NCCCCCCl)cc1C. The first kappa shape index (κ1) is 15.5. The molecule has 1 aromatic rings. The molecular formula is C13H20ClNO2S. The van der Waals surface area contributed by atoms with Crippen LogP contribution in [-0.2, 0) is 10.0 Å². The molecule has 1 rings (SSSR count). The van der Waals surface area contributed by atoms with Crippen LogP contribution in [0.4, 0.5) is 0 Å². The third kappa shape index (κ3) is 4.59. The summed E-state index contributed by atoms with van der Waals surface area (Å²) in [6.45, 7) is 4.34. The van der Waals surface area contributed by atoms with E-state index in [0.717, 1.165) is 30.4 Å². The lowest BCUT2D eigenvalue weighted by Gasteiger charge is -2.08. The highest BCUT2D eigenvalue weighted by Gasteiger charge is 2.13. The molecule has 0 aliphatic heterocycles. The Bertz CT molecular complexity index is 486. The number of rotatable bonds is 7. The van der Waals surface area contributed by atoms with E-state index in [2.05, 4.69) is 4.72 Å². The van der Waals surface area contributed by atoms with Gasteiger partial charge in [0, 0.05) is 12.4 Å². The average molecular weight is 290 g/mol. The molecule has 0 aliphatic rings. The molecule has 0 aromatic heterocycles. The number of hydrogen-bond acceptors (Lipinski definition) is 2. The van der Waals surface area contributed by atoms with E-state index in [-0.39, 0.29) is 0 Å². The predicted octanol–water partition coefficient (Wildman–Crippen LogP) is 2.99. The molecule has 1 N–H and O–H groups in total. The van der Waals surface area contributed by atoms with E-state index in [4.69, 9.17) is 11.6 Å². The maximum atomic E-state index is 12.0. The first-order valence-corrected chi connectivity index (χ1v) is 8.12. The van der Waals surface area contributed by atoms with E-state index in [1.54, 1.807) is 12.1 Å². The fourth-order valence-corrected chi connectivity index (χ4v) is 2.92. The van der Waals surface area contributed by atoms with Crippen molar-refractivity contribution in [2.75, 3.05) is 12.4 Å². The second-order valence-electron chi connectivity index (χ2n) is 4.39. The number of hydrogen-bond donors (Lipinski definition) is 1. The van der Waals surface area contributed by atoms with E-state index in [1.807, 2.05) is 19.9 Å². The summed E-state index contributed by atoms with van der Waals surface area (Å²) in [5, 5.41) is 0. The number of nitrogens with one attached hydrogen (secondary N) is 1. The lowest BCUT2D eigenvalue weighted by molar-refractivity contribution is 0.576. The maximum absolute atomic E-state index is 12.0. The fourth-order valence-electron chi connectivity index (χ4n) is 1.57. The second-order valence-corrected chi connectivity index (χ2v) is 6.54. The van der Waals surface area contributed by atoms with Crippen molar-refractivity contribution in [2.45, 2.75) is 38.0 Å². The van der Waals surface area contributed by atoms with Gasteiger partial charge in [0.1, 0.15) is 0 Å². The molecule has 0 aliphatic carbocycles. The predicted molar refractivity (Wildman–Crippen MR) is 75.7 cm³/mol. The van der Waals surface area contributed by atoms with Crippen LogP contribution < -0.4 is 4.72 Å². The molecule has 0 heterocycles. The average Bonchev–Trinajstić information content (AvgIpc) is 2.32. The number of alkyl halides is 1. The maximum Gasteiger partial charge on any atom is 0.240 e. The lowest BCUT2D eigenvalue weighted by atomic mass is 10.1. The van der Waals surface area contributed by atoms with E-state index in [1.165, 1.54) is 0 Å². The molecule has 0 radical (unpaired) electrons. The highest BCUT2D eigenvalue weighted by molar-refractivity contribution is 7.89. The highest BCUT2D eigenvalue weighted by atomic mass is 35.5. The van der Waals surface area contributed by atoms with Gasteiger partial charge < -0.3 is 0 Å². The number of halogens is 1. The molecule has 0 amide bonds. The van der Waals surface area contributed by atoms with E-state index in [0.29, 0.717) is 17.3 Å². The summed E-state index contributed by atoms with van der Waals surface area (Å²) in [5.41, 5.74) is 2.08. The monoisotopic (exact) mass is 289 g/mol. The molecule has 1 aromatic carbocycles. The number of sulfonamides is 1. The quantitative estimate of drug-likeness (QED) is 0.619. The molecule has 0 spiro atoms. The van der Waals surface area contributed by atoms with Crippen LogP contribution in [0.15, 0.2) is 23.1 Å². The Balaban J connectivity index is 2.60. The minimum absolute atomic E-state index is 0.336. The van der Waals surface area contributed by atoms with Crippen LogP contribution in [0.5, 0.6) is 0 Å². The summed E-state index contributed by atoms with van der Waals surface area (Å²) in [6, 6.07) is 5.18. The molecule has 0 unspecified atom stereocenters. The molecule has 0 bridgehead atoms. The number of aryl methyl sites for hydroxylation is 2. The zero-order chi connectivity index (χ0) is 13.6. The first-order chi connectivity index (χ1) is 8.47. The Labute approximate surface area is 115 Å². The first-order valence-electron chi connectivity index (χ1n) is 6.10. The Morgan fingerprint density at radius 2 is 1.83 bits per heavy atom. The van der Waals surface area contributed by atoms with Crippen molar-refractivity contribution in [1.82, 2.24) is 4.72 Å². The van der Waals surface area contributed by atoms with Crippen LogP contribution in [0, 0.1) is 13.8 Å². The summed E-state index contributed by atoms with van der Waals surface area (Å²) < 4.78 is 26.6. The standard InChI is InChI=1S/C13H20ClNO2S/c1-11-6-7-13(10-12(11)2)18(16,17)15-9-5-3-4-8-14/h6-7,10,15H,3-5,8-9H2,1-2H3. The van der Waals surface area contributed by atoms with Crippen LogP contribution in [0.3, 0.4) is 0 Å². The van der Waals surface area contributed by atoms with Gasteiger partial charge in [-0.1, -0.05) is 12.5 Å². The van der Waals surface area contributed by atoms with Crippen LogP contribution >= 0.6 is 11.6 Å². The van der Waals surface area contributed by atoms with Crippen molar-refractivity contribution in [2.24, 2.45) is 0 Å². The van der Waals surface area contributed by atoms with Crippen molar-refractivity contribution in [3.8, 4) is 0 Å². The normalized spacial score (nSPS) is 11.7. The van der Waals surface area contributed by atoms with Crippen molar-refractivity contribution in [1.29, 1.82) is 0 Å². The van der Waals surface area contributed by atoms with Crippen LogP contribution in [-0.4, -0.2) is 20.8 Å². The zero-order valence-electron chi connectivity index (χ0n) is 10.9. The molecular weight excluding hydrogens is 270 g/mol. The van der Waals surface area contributed by atoms with Crippen molar-refractivity contribution < 1.29 is 8.42 Å². The second kappa shape index (κ2) is 7.12. The smallest absolute Gasteiger partial charge is 0.211 e. The highest BCUT2D eigenvalue weighted by Crippen LogP contribution is 2.14. The van der Waals surface area contributed by atoms with E-state index < -0.39 is 10.0 Å². The third-order valence-corrected chi connectivity index (χ3v) is 4.62. The van der Waals surface area contributed by atoms with Gasteiger partial charge in [-0.25, -0.2) is 13.1 Å². The number of benzene rings is 1. The summed E-state index contributed by atoms with van der Waals surface area (Å²) >= 11 is 5.56. The molecule has 102 valence electrons. The Kier molecular flexibility index (Phi) is 6.12. The van der Waals surface area contributed by atoms with E-state index in [9.17, 15) is 8.42 Å². The fraction of sp³-hybridized carbons (Fsp3) is 0.538. The third-order valence-electron chi connectivity index (χ3n) is 2.89. The van der Waals surface area contributed by atoms with Crippen molar-refractivity contribution in [3.63, 3.8) is 0 Å². The van der Waals surface area contributed by atoms with Crippen LogP contribution in [0.25, 0.3) is 0 Å². The molecule has 0 saturated heterocycles. The summed E-state index contributed by atoms with van der Waals surface area (Å²) in [4.78, 5) is 0.336. The van der Waals surface area contributed by atoms with Gasteiger partial charge in [0.05, 0.1) is 4.90 Å².